The van der Waals surface area contributed by atoms with E-state index >= 15 is 0 Å². The van der Waals surface area contributed by atoms with Crippen molar-refractivity contribution in [3.05, 3.63) is 35.6 Å². The molecule has 0 saturated heterocycles. The van der Waals surface area contributed by atoms with E-state index in [1.54, 1.807) is 12.0 Å². The molecule has 3 nitrogen and oxygen atoms in total. The molecule has 17 heavy (non-hydrogen) atoms. The van der Waals surface area contributed by atoms with Gasteiger partial charge in [0.25, 0.3) is 0 Å². The van der Waals surface area contributed by atoms with Crippen molar-refractivity contribution in [3.63, 3.8) is 0 Å². The predicted molar refractivity (Wildman–Crippen MR) is 69.5 cm³/mol. The summed E-state index contributed by atoms with van der Waals surface area (Å²) in [5.74, 6) is 0.883. The smallest absolute Gasteiger partial charge is 0.246 e. The number of carbonyl (C=O) groups excluding carboxylic acids is 1. The van der Waals surface area contributed by atoms with Crippen molar-refractivity contribution in [2.45, 2.75) is 26.7 Å². The van der Waals surface area contributed by atoms with Crippen LogP contribution < -0.4 is 0 Å². The van der Waals surface area contributed by atoms with E-state index in [9.17, 15) is 4.79 Å². The van der Waals surface area contributed by atoms with E-state index in [0.29, 0.717) is 6.54 Å². The summed E-state index contributed by atoms with van der Waals surface area (Å²) in [7, 11) is 1.68. The molecule has 0 aliphatic carbocycles. The average Bonchev–Trinajstić information content (AvgIpc) is 2.36. The fourth-order valence-corrected chi connectivity index (χ4v) is 1.98. The van der Waals surface area contributed by atoms with Gasteiger partial charge in [0, 0.05) is 18.7 Å². The summed E-state index contributed by atoms with van der Waals surface area (Å²) in [5, 5.41) is 0. The number of hydrogen-bond acceptors (Lipinski definition) is 2. The second-order valence-electron chi connectivity index (χ2n) is 4.15. The van der Waals surface area contributed by atoms with Crippen molar-refractivity contribution in [1.29, 1.82) is 0 Å². The molecule has 1 amide bonds. The molecule has 0 unspecified atom stereocenters. The maximum atomic E-state index is 11.6. The van der Waals surface area contributed by atoms with Crippen LogP contribution in [-0.2, 0) is 9.53 Å². The first kappa shape index (κ1) is 13.6. The summed E-state index contributed by atoms with van der Waals surface area (Å²) < 4.78 is 5.40. The van der Waals surface area contributed by atoms with Gasteiger partial charge in [0.15, 0.2) is 0 Å². The van der Waals surface area contributed by atoms with Gasteiger partial charge in [-0.05, 0) is 31.9 Å². The van der Waals surface area contributed by atoms with Crippen LogP contribution in [0, 0.1) is 0 Å². The minimum Gasteiger partial charge on any atom is -0.497 e. The van der Waals surface area contributed by atoms with Crippen molar-refractivity contribution in [2.24, 2.45) is 0 Å². The van der Waals surface area contributed by atoms with Gasteiger partial charge in [0.2, 0.25) is 5.91 Å². The summed E-state index contributed by atoms with van der Waals surface area (Å²) in [6.07, 6.45) is 5.25. The molecule has 1 rings (SSSR count). The Hall–Kier alpha value is -1.51. The number of hydrogen-bond donors (Lipinski definition) is 0. The van der Waals surface area contributed by atoms with Crippen molar-refractivity contribution in [3.8, 4) is 0 Å². The molecule has 94 valence electrons. The SMILES string of the molecule is C=CC(=O)N1CCC(C)=C(/C(=C/CC)OC)C1. The quantitative estimate of drug-likeness (QED) is 0.554. The zero-order chi connectivity index (χ0) is 12.8. The number of ether oxygens (including phenoxy) is 1. The third kappa shape index (κ3) is 3.22. The van der Waals surface area contributed by atoms with Gasteiger partial charge in [-0.25, -0.2) is 0 Å². The Kier molecular flexibility index (Phi) is 5.01. The second kappa shape index (κ2) is 6.28. The Morgan fingerprint density at radius 2 is 2.29 bits per heavy atom. The van der Waals surface area contributed by atoms with E-state index in [4.69, 9.17) is 4.74 Å². The first-order valence-corrected chi connectivity index (χ1v) is 5.98. The maximum absolute atomic E-state index is 11.6. The molecule has 0 aromatic carbocycles. The van der Waals surface area contributed by atoms with E-state index in [-0.39, 0.29) is 5.91 Å². The minimum absolute atomic E-state index is 0.0121. The van der Waals surface area contributed by atoms with Crippen LogP contribution in [0.1, 0.15) is 26.7 Å². The Morgan fingerprint density at radius 1 is 1.59 bits per heavy atom. The van der Waals surface area contributed by atoms with Crippen molar-refractivity contribution >= 4 is 5.91 Å². The molecule has 1 heterocycles. The van der Waals surface area contributed by atoms with Crippen LogP contribution >= 0.6 is 0 Å². The molecule has 0 saturated carbocycles. The first-order valence-electron chi connectivity index (χ1n) is 5.98. The monoisotopic (exact) mass is 235 g/mol. The summed E-state index contributed by atoms with van der Waals surface area (Å²) in [4.78, 5) is 13.4. The van der Waals surface area contributed by atoms with Gasteiger partial charge in [-0.3, -0.25) is 4.79 Å². The summed E-state index contributed by atoms with van der Waals surface area (Å²) in [6.45, 7) is 9.10. The summed E-state index contributed by atoms with van der Waals surface area (Å²) in [6, 6.07) is 0. The van der Waals surface area contributed by atoms with Crippen LogP contribution in [0.3, 0.4) is 0 Å². The van der Waals surface area contributed by atoms with Gasteiger partial charge in [-0.15, -0.1) is 0 Å². The molecule has 3 heteroatoms. The third-order valence-corrected chi connectivity index (χ3v) is 3.01. The molecule has 1 aliphatic heterocycles. The Labute approximate surface area is 103 Å². The van der Waals surface area contributed by atoms with Gasteiger partial charge in [0.05, 0.1) is 7.11 Å². The lowest BCUT2D eigenvalue weighted by molar-refractivity contribution is -0.125. The normalized spacial score (nSPS) is 17.1. The molecule has 0 aromatic heterocycles. The number of methoxy groups -OCH3 is 1. The number of carbonyl (C=O) groups is 1. The van der Waals surface area contributed by atoms with Gasteiger partial charge in [0.1, 0.15) is 5.76 Å². The number of rotatable bonds is 4. The highest BCUT2D eigenvalue weighted by atomic mass is 16.5. The van der Waals surface area contributed by atoms with Crippen LogP contribution in [0.25, 0.3) is 0 Å². The minimum atomic E-state index is -0.0121. The van der Waals surface area contributed by atoms with Gasteiger partial charge >= 0.3 is 0 Å². The topological polar surface area (TPSA) is 29.5 Å². The van der Waals surface area contributed by atoms with Crippen LogP contribution in [0.2, 0.25) is 0 Å². The second-order valence-corrected chi connectivity index (χ2v) is 4.15. The molecule has 0 fully saturated rings. The Balaban J connectivity index is 2.93. The van der Waals surface area contributed by atoms with Crippen molar-refractivity contribution in [1.82, 2.24) is 4.90 Å². The van der Waals surface area contributed by atoms with E-state index in [1.165, 1.54) is 11.6 Å². The van der Waals surface area contributed by atoms with Crippen LogP contribution in [0.15, 0.2) is 35.6 Å². The van der Waals surface area contributed by atoms with Gasteiger partial charge in [-0.1, -0.05) is 19.1 Å². The molecule has 0 bridgehead atoms. The molecule has 1 aliphatic rings. The first-order chi connectivity index (χ1) is 8.13. The number of nitrogens with zero attached hydrogens (tertiary/aromatic N) is 1. The standard InChI is InChI=1S/C14H21NO2/c1-5-7-13(17-4)12-10-15(14(16)6-2)9-8-11(12)3/h6-7H,2,5,8-10H2,1,3-4H3/b13-7-. The largest absolute Gasteiger partial charge is 0.497 e. The highest BCUT2D eigenvalue weighted by Crippen LogP contribution is 2.24. The molecular formula is C14H21NO2. The summed E-state index contributed by atoms with van der Waals surface area (Å²) >= 11 is 0. The third-order valence-electron chi connectivity index (χ3n) is 3.01. The number of amides is 1. The Bertz CT molecular complexity index is 366. The van der Waals surface area contributed by atoms with E-state index < -0.39 is 0 Å². The van der Waals surface area contributed by atoms with Crippen LogP contribution in [-0.4, -0.2) is 31.0 Å². The lowest BCUT2D eigenvalue weighted by Gasteiger charge is -2.29. The highest BCUT2D eigenvalue weighted by Gasteiger charge is 2.21. The molecule has 0 N–H and O–H groups in total. The van der Waals surface area contributed by atoms with E-state index in [1.807, 2.05) is 0 Å². The van der Waals surface area contributed by atoms with Gasteiger partial charge < -0.3 is 9.64 Å². The zero-order valence-electron chi connectivity index (χ0n) is 11.0. The molecule has 0 radical (unpaired) electrons. The fraction of sp³-hybridized carbons (Fsp3) is 0.500. The van der Waals surface area contributed by atoms with Crippen molar-refractivity contribution < 1.29 is 9.53 Å². The van der Waals surface area contributed by atoms with E-state index in [2.05, 4.69) is 26.5 Å². The van der Waals surface area contributed by atoms with E-state index in [0.717, 1.165) is 30.7 Å². The average molecular weight is 235 g/mol. The molecule has 0 aromatic rings. The molecular weight excluding hydrogens is 214 g/mol. The van der Waals surface area contributed by atoms with Crippen molar-refractivity contribution in [2.75, 3.05) is 20.2 Å². The summed E-state index contributed by atoms with van der Waals surface area (Å²) in [5.41, 5.74) is 2.44. The van der Waals surface area contributed by atoms with Crippen LogP contribution in [0.5, 0.6) is 0 Å². The van der Waals surface area contributed by atoms with Crippen LogP contribution in [0.4, 0.5) is 0 Å². The molecule has 0 spiro atoms. The molecule has 0 atom stereocenters. The highest BCUT2D eigenvalue weighted by molar-refractivity contribution is 5.87. The fourth-order valence-electron chi connectivity index (χ4n) is 1.98. The van der Waals surface area contributed by atoms with Gasteiger partial charge in [-0.2, -0.15) is 0 Å². The lowest BCUT2D eigenvalue weighted by atomic mass is 9.99. The predicted octanol–water partition coefficient (Wildman–Crippen LogP) is 2.66. The zero-order valence-corrected chi connectivity index (χ0v) is 11.0. The number of allylic oxidation sites excluding steroid dienone is 1. The lowest BCUT2D eigenvalue weighted by Crippen LogP contribution is -2.36. The maximum Gasteiger partial charge on any atom is 0.246 e. The Morgan fingerprint density at radius 3 is 2.82 bits per heavy atom.